The number of carbonyl (C=O) groups is 1. The van der Waals surface area contributed by atoms with Crippen molar-refractivity contribution in [1.29, 1.82) is 0 Å². The molecule has 0 spiro atoms. The maximum absolute atomic E-state index is 12.5. The van der Waals surface area contributed by atoms with E-state index in [9.17, 15) is 18.0 Å². The molecule has 0 aliphatic carbocycles. The number of halogens is 3. The Hall–Kier alpha value is -1.80. The second kappa shape index (κ2) is 9.41. The lowest BCUT2D eigenvalue weighted by atomic mass is 9.96. The van der Waals surface area contributed by atoms with E-state index in [1.54, 1.807) is 7.11 Å². The van der Waals surface area contributed by atoms with Gasteiger partial charge >= 0.3 is 6.18 Å². The zero-order valence-corrected chi connectivity index (χ0v) is 16.1. The highest BCUT2D eigenvalue weighted by Crippen LogP contribution is 2.24. The Bertz CT molecular complexity index is 597. The van der Waals surface area contributed by atoms with Gasteiger partial charge in [-0.1, -0.05) is 26.0 Å². The Morgan fingerprint density at radius 3 is 2.15 bits per heavy atom. The normalized spacial score (nSPS) is 17.7. The molecule has 0 aromatic heterocycles. The van der Waals surface area contributed by atoms with Crippen molar-refractivity contribution >= 4 is 5.91 Å². The molecule has 1 saturated heterocycles. The van der Waals surface area contributed by atoms with Crippen molar-refractivity contribution in [1.82, 2.24) is 15.1 Å². The number of carbonyl (C=O) groups excluding carboxylic acids is 1. The van der Waals surface area contributed by atoms with Crippen LogP contribution in [0, 0.1) is 5.92 Å². The van der Waals surface area contributed by atoms with E-state index < -0.39 is 12.7 Å². The number of nitrogens with one attached hydrogen (secondary N) is 1. The number of rotatable bonds is 7. The number of hydrogen-bond acceptors (Lipinski definition) is 4. The van der Waals surface area contributed by atoms with Crippen molar-refractivity contribution in [2.45, 2.75) is 26.1 Å². The lowest BCUT2D eigenvalue weighted by Gasteiger charge is -2.35. The highest BCUT2D eigenvalue weighted by molar-refractivity contribution is 5.78. The van der Waals surface area contributed by atoms with Gasteiger partial charge in [-0.15, -0.1) is 0 Å². The molecule has 1 amide bonds. The third-order valence-electron chi connectivity index (χ3n) is 4.69. The van der Waals surface area contributed by atoms with E-state index in [-0.39, 0.29) is 24.4 Å². The van der Waals surface area contributed by atoms with Crippen LogP contribution in [0.4, 0.5) is 13.2 Å². The summed E-state index contributed by atoms with van der Waals surface area (Å²) in [7, 11) is 1.60. The van der Waals surface area contributed by atoms with E-state index in [2.05, 4.69) is 5.32 Å². The van der Waals surface area contributed by atoms with E-state index >= 15 is 0 Å². The van der Waals surface area contributed by atoms with Crippen LogP contribution in [0.25, 0.3) is 0 Å². The highest BCUT2D eigenvalue weighted by Gasteiger charge is 2.32. The predicted molar refractivity (Wildman–Crippen MR) is 97.7 cm³/mol. The third-order valence-corrected chi connectivity index (χ3v) is 4.69. The van der Waals surface area contributed by atoms with Gasteiger partial charge in [-0.25, -0.2) is 0 Å². The minimum atomic E-state index is -4.18. The fourth-order valence-electron chi connectivity index (χ4n) is 3.23. The van der Waals surface area contributed by atoms with Gasteiger partial charge in [-0.3, -0.25) is 14.6 Å². The summed E-state index contributed by atoms with van der Waals surface area (Å²) in [5.41, 5.74) is 0.995. The number of alkyl halides is 3. The molecule has 152 valence electrons. The van der Waals surface area contributed by atoms with Crippen LogP contribution in [0.5, 0.6) is 5.75 Å². The fraction of sp³-hybridized carbons (Fsp3) is 0.632. The molecule has 1 N–H and O–H groups in total. The summed E-state index contributed by atoms with van der Waals surface area (Å²) in [6.07, 6.45) is -4.18. The quantitative estimate of drug-likeness (QED) is 0.781. The monoisotopic (exact) mass is 387 g/mol. The van der Waals surface area contributed by atoms with Gasteiger partial charge in [0.05, 0.1) is 26.2 Å². The van der Waals surface area contributed by atoms with Crippen molar-refractivity contribution in [3.05, 3.63) is 29.8 Å². The van der Waals surface area contributed by atoms with Crippen LogP contribution in [-0.2, 0) is 4.79 Å². The van der Waals surface area contributed by atoms with Gasteiger partial charge in [0.25, 0.3) is 0 Å². The number of methoxy groups -OCH3 is 1. The molecule has 2 rings (SSSR count). The van der Waals surface area contributed by atoms with Gasteiger partial charge in [0.1, 0.15) is 5.75 Å². The van der Waals surface area contributed by atoms with Crippen molar-refractivity contribution in [2.24, 2.45) is 5.92 Å². The molecule has 1 aliphatic rings. The van der Waals surface area contributed by atoms with Gasteiger partial charge in [-0.2, -0.15) is 13.2 Å². The zero-order chi connectivity index (χ0) is 20.0. The molecule has 1 atom stereocenters. The van der Waals surface area contributed by atoms with Crippen molar-refractivity contribution in [3.8, 4) is 5.75 Å². The molecule has 1 fully saturated rings. The van der Waals surface area contributed by atoms with Gasteiger partial charge < -0.3 is 10.1 Å². The summed E-state index contributed by atoms with van der Waals surface area (Å²) in [5, 5.41) is 3.05. The Labute approximate surface area is 158 Å². The molecule has 1 aromatic carbocycles. The minimum absolute atomic E-state index is 0.117. The second-order valence-electron chi connectivity index (χ2n) is 7.23. The first-order valence-electron chi connectivity index (χ1n) is 9.12. The Morgan fingerprint density at radius 1 is 1.11 bits per heavy atom. The topological polar surface area (TPSA) is 44.8 Å². The standard InChI is InChI=1S/C19H28F3N3O2/c1-14(2)18(15-4-6-16(27-3)7-5-15)23-17(26)12-24-8-10-25(11-9-24)13-19(20,21)22/h4-7,14,18H,8-13H2,1-3H3,(H,23,26). The smallest absolute Gasteiger partial charge is 0.401 e. The molecule has 1 heterocycles. The largest absolute Gasteiger partial charge is 0.497 e. The molecule has 0 bridgehead atoms. The van der Waals surface area contributed by atoms with Crippen LogP contribution in [0.2, 0.25) is 0 Å². The van der Waals surface area contributed by atoms with E-state index in [1.165, 1.54) is 4.90 Å². The molecule has 5 nitrogen and oxygen atoms in total. The van der Waals surface area contributed by atoms with Gasteiger partial charge in [0.15, 0.2) is 0 Å². The van der Waals surface area contributed by atoms with E-state index in [4.69, 9.17) is 4.74 Å². The predicted octanol–water partition coefficient (Wildman–Crippen LogP) is 2.69. The lowest BCUT2D eigenvalue weighted by Crippen LogP contribution is -2.51. The van der Waals surface area contributed by atoms with Gasteiger partial charge in [0, 0.05) is 26.2 Å². The Morgan fingerprint density at radius 2 is 1.67 bits per heavy atom. The van der Waals surface area contributed by atoms with Crippen LogP contribution < -0.4 is 10.1 Å². The van der Waals surface area contributed by atoms with Crippen LogP contribution in [0.15, 0.2) is 24.3 Å². The number of nitrogens with zero attached hydrogens (tertiary/aromatic N) is 2. The van der Waals surface area contributed by atoms with E-state index in [0.29, 0.717) is 26.2 Å². The third kappa shape index (κ3) is 7.03. The van der Waals surface area contributed by atoms with Crippen LogP contribution in [-0.4, -0.2) is 68.3 Å². The Balaban J connectivity index is 1.86. The molecular formula is C19H28F3N3O2. The first-order valence-corrected chi connectivity index (χ1v) is 9.12. The number of hydrogen-bond donors (Lipinski definition) is 1. The summed E-state index contributed by atoms with van der Waals surface area (Å²) < 4.78 is 42.5. The minimum Gasteiger partial charge on any atom is -0.497 e. The molecule has 1 aliphatic heterocycles. The molecule has 8 heteroatoms. The number of ether oxygens (including phenoxy) is 1. The number of benzene rings is 1. The van der Waals surface area contributed by atoms with E-state index in [1.807, 2.05) is 43.0 Å². The SMILES string of the molecule is COc1ccc(C(NC(=O)CN2CCN(CC(F)(F)F)CC2)C(C)C)cc1. The molecule has 0 radical (unpaired) electrons. The van der Waals surface area contributed by atoms with Crippen LogP contribution >= 0.6 is 0 Å². The zero-order valence-electron chi connectivity index (χ0n) is 16.1. The van der Waals surface area contributed by atoms with E-state index in [0.717, 1.165) is 11.3 Å². The maximum atomic E-state index is 12.5. The number of piperazine rings is 1. The molecule has 1 unspecified atom stereocenters. The van der Waals surface area contributed by atoms with Crippen molar-refractivity contribution < 1.29 is 22.7 Å². The average Bonchev–Trinajstić information content (AvgIpc) is 2.60. The lowest BCUT2D eigenvalue weighted by molar-refractivity contribution is -0.150. The summed E-state index contributed by atoms with van der Waals surface area (Å²) in [6.45, 7) is 4.92. The summed E-state index contributed by atoms with van der Waals surface area (Å²) >= 11 is 0. The summed E-state index contributed by atoms with van der Waals surface area (Å²) in [6, 6.07) is 7.45. The fourth-order valence-corrected chi connectivity index (χ4v) is 3.23. The summed E-state index contributed by atoms with van der Waals surface area (Å²) in [4.78, 5) is 15.7. The first-order chi connectivity index (χ1) is 12.7. The van der Waals surface area contributed by atoms with Crippen molar-refractivity contribution in [2.75, 3.05) is 46.4 Å². The average molecular weight is 387 g/mol. The molecule has 0 saturated carbocycles. The molecule has 27 heavy (non-hydrogen) atoms. The first kappa shape index (κ1) is 21.5. The molecular weight excluding hydrogens is 359 g/mol. The Kier molecular flexibility index (Phi) is 7.49. The highest BCUT2D eigenvalue weighted by atomic mass is 19.4. The van der Waals surface area contributed by atoms with Gasteiger partial charge in [-0.05, 0) is 23.6 Å². The number of amides is 1. The van der Waals surface area contributed by atoms with Gasteiger partial charge in [0.2, 0.25) is 5.91 Å². The second-order valence-corrected chi connectivity index (χ2v) is 7.23. The maximum Gasteiger partial charge on any atom is 0.401 e. The summed E-state index contributed by atoms with van der Waals surface area (Å²) in [5.74, 6) is 0.837. The van der Waals surface area contributed by atoms with Crippen molar-refractivity contribution in [3.63, 3.8) is 0 Å². The molecule has 1 aromatic rings. The van der Waals surface area contributed by atoms with Crippen LogP contribution in [0.1, 0.15) is 25.5 Å². The van der Waals surface area contributed by atoms with Crippen LogP contribution in [0.3, 0.4) is 0 Å².